The van der Waals surface area contributed by atoms with Crippen molar-refractivity contribution in [2.45, 2.75) is 25.7 Å². The van der Waals surface area contributed by atoms with Gasteiger partial charge in [0.25, 0.3) is 11.1 Å². The molecule has 1 aliphatic heterocycles. The summed E-state index contributed by atoms with van der Waals surface area (Å²) in [5, 5.41) is 2.18. The molecule has 0 radical (unpaired) electrons. The largest absolute Gasteiger partial charge is 0.491 e. The normalized spacial score (nSPS) is 14.5. The Hall–Kier alpha value is -4.09. The Labute approximate surface area is 230 Å². The van der Waals surface area contributed by atoms with Gasteiger partial charge in [-0.2, -0.15) is 8.42 Å². The molecule has 0 aromatic heterocycles. The smallest absolute Gasteiger partial charge is 0.339 e. The van der Waals surface area contributed by atoms with E-state index in [1.54, 1.807) is 18.2 Å². The van der Waals surface area contributed by atoms with Crippen LogP contribution in [-0.4, -0.2) is 43.5 Å². The van der Waals surface area contributed by atoms with E-state index in [2.05, 4.69) is 5.32 Å². The lowest BCUT2D eigenvalue weighted by atomic mass is 10.1. The van der Waals surface area contributed by atoms with Crippen molar-refractivity contribution in [1.29, 1.82) is 0 Å². The van der Waals surface area contributed by atoms with E-state index in [0.29, 0.717) is 17.0 Å². The van der Waals surface area contributed by atoms with E-state index in [9.17, 15) is 22.8 Å². The number of carbonyl (C=O) groups excluding carboxylic acids is 3. The van der Waals surface area contributed by atoms with Crippen molar-refractivity contribution in [3.05, 3.63) is 88.3 Å². The summed E-state index contributed by atoms with van der Waals surface area (Å²) < 4.78 is 36.2. The van der Waals surface area contributed by atoms with E-state index in [1.807, 2.05) is 32.0 Å². The highest BCUT2D eigenvalue weighted by Gasteiger charge is 2.34. The van der Waals surface area contributed by atoms with Gasteiger partial charge in [-0.3, -0.25) is 19.3 Å². The number of ether oxygens (including phenoxy) is 1. The van der Waals surface area contributed by atoms with Gasteiger partial charge in [0.05, 0.1) is 11.4 Å². The van der Waals surface area contributed by atoms with Crippen molar-refractivity contribution < 1.29 is 31.7 Å². The van der Waals surface area contributed by atoms with E-state index < -0.39 is 16.0 Å². The van der Waals surface area contributed by atoms with Crippen molar-refractivity contribution >= 4 is 50.7 Å². The van der Waals surface area contributed by atoms with Crippen molar-refractivity contribution in [1.82, 2.24) is 4.90 Å². The summed E-state index contributed by atoms with van der Waals surface area (Å²) in [5.41, 5.74) is 3.08. The molecule has 3 amide bonds. The molecule has 3 aromatic carbocycles. The van der Waals surface area contributed by atoms with Gasteiger partial charge in [0.1, 0.15) is 23.0 Å². The lowest BCUT2D eigenvalue weighted by Gasteiger charge is -2.14. The molecule has 0 bridgehead atoms. The zero-order valence-electron chi connectivity index (χ0n) is 21.5. The van der Waals surface area contributed by atoms with Crippen LogP contribution in [0, 0.1) is 13.8 Å². The predicted octanol–water partition coefficient (Wildman–Crippen LogP) is 5.14. The highest BCUT2D eigenvalue weighted by molar-refractivity contribution is 8.18. The molecule has 0 saturated carbocycles. The standard InChI is InChI=1S/C28H26N2O7S2/c1-18-4-5-19(2)25(16-18)36-15-14-30-27(32)26(38-28(30)33)17-21-6-10-23(11-7-21)37-39(34,35)24-12-8-22(9-13-24)29-20(3)31/h4-13,16-17H,14-15H2,1-3H3,(H,29,31)/b26-17-. The number of nitrogens with one attached hydrogen (secondary N) is 1. The van der Waals surface area contributed by atoms with Crippen LogP contribution in [0.2, 0.25) is 0 Å². The SMILES string of the molecule is CC(=O)Nc1ccc(S(=O)(=O)Oc2ccc(/C=C3\SC(=O)N(CCOc4cc(C)ccc4C)C3=O)cc2)cc1. The molecule has 0 spiro atoms. The van der Waals surface area contributed by atoms with Crippen LogP contribution in [-0.2, 0) is 19.7 Å². The zero-order chi connectivity index (χ0) is 28.2. The lowest BCUT2D eigenvalue weighted by molar-refractivity contribution is -0.123. The van der Waals surface area contributed by atoms with Crippen LogP contribution in [0.5, 0.6) is 11.5 Å². The molecule has 39 heavy (non-hydrogen) atoms. The van der Waals surface area contributed by atoms with Gasteiger partial charge >= 0.3 is 10.1 Å². The lowest BCUT2D eigenvalue weighted by Crippen LogP contribution is -2.32. The maximum Gasteiger partial charge on any atom is 0.339 e. The first kappa shape index (κ1) is 27.9. The van der Waals surface area contributed by atoms with Crippen LogP contribution in [0.25, 0.3) is 6.08 Å². The summed E-state index contributed by atoms with van der Waals surface area (Å²) in [4.78, 5) is 37.7. The monoisotopic (exact) mass is 566 g/mol. The van der Waals surface area contributed by atoms with E-state index in [-0.39, 0.29) is 39.8 Å². The summed E-state index contributed by atoms with van der Waals surface area (Å²) in [6.45, 7) is 5.53. The fourth-order valence-electron chi connectivity index (χ4n) is 3.66. The molecule has 3 aromatic rings. The number of nitrogens with zero attached hydrogens (tertiary/aromatic N) is 1. The highest BCUT2D eigenvalue weighted by Crippen LogP contribution is 2.32. The Kier molecular flexibility index (Phi) is 8.41. The Morgan fingerprint density at radius 2 is 1.69 bits per heavy atom. The maximum absolute atomic E-state index is 12.8. The summed E-state index contributed by atoms with van der Waals surface area (Å²) in [7, 11) is -4.10. The minimum Gasteiger partial charge on any atom is -0.491 e. The summed E-state index contributed by atoms with van der Waals surface area (Å²) in [5.74, 6) is 0.104. The molecule has 1 N–H and O–H groups in total. The molecule has 0 unspecified atom stereocenters. The average Bonchev–Trinajstić information content (AvgIpc) is 3.14. The van der Waals surface area contributed by atoms with Gasteiger partial charge in [-0.15, -0.1) is 0 Å². The number of imide groups is 1. The molecule has 1 aliphatic rings. The molecule has 9 nitrogen and oxygen atoms in total. The van der Waals surface area contributed by atoms with Gasteiger partial charge in [0, 0.05) is 12.6 Å². The van der Waals surface area contributed by atoms with Crippen LogP contribution in [0.3, 0.4) is 0 Å². The second-order valence-electron chi connectivity index (χ2n) is 8.76. The van der Waals surface area contributed by atoms with E-state index in [1.165, 1.54) is 43.3 Å². The van der Waals surface area contributed by atoms with Gasteiger partial charge in [0.15, 0.2) is 0 Å². The van der Waals surface area contributed by atoms with Crippen molar-refractivity contribution in [2.24, 2.45) is 0 Å². The third-order valence-electron chi connectivity index (χ3n) is 5.64. The summed E-state index contributed by atoms with van der Waals surface area (Å²) in [6.07, 6.45) is 1.56. The number of thioether (sulfide) groups is 1. The molecule has 0 atom stereocenters. The number of aryl methyl sites for hydroxylation is 2. The van der Waals surface area contributed by atoms with Gasteiger partial charge < -0.3 is 14.2 Å². The number of hydrogen-bond acceptors (Lipinski definition) is 8. The molecule has 4 rings (SSSR count). The third kappa shape index (κ3) is 7.06. The maximum atomic E-state index is 12.8. The van der Waals surface area contributed by atoms with Gasteiger partial charge in [-0.1, -0.05) is 24.3 Å². The second-order valence-corrected chi connectivity index (χ2v) is 11.3. The van der Waals surface area contributed by atoms with Crippen molar-refractivity contribution in [3.8, 4) is 11.5 Å². The Balaban J connectivity index is 1.37. The second kappa shape index (κ2) is 11.7. The van der Waals surface area contributed by atoms with E-state index in [4.69, 9.17) is 8.92 Å². The van der Waals surface area contributed by atoms with Crippen molar-refractivity contribution in [2.75, 3.05) is 18.5 Å². The number of amides is 3. The highest BCUT2D eigenvalue weighted by atomic mass is 32.2. The number of carbonyl (C=O) groups is 3. The van der Waals surface area contributed by atoms with Gasteiger partial charge in [-0.05, 0) is 90.8 Å². The number of benzene rings is 3. The minimum atomic E-state index is -4.10. The number of hydrogen-bond donors (Lipinski definition) is 1. The Bertz CT molecular complexity index is 1550. The molecule has 1 fully saturated rings. The minimum absolute atomic E-state index is 0.0732. The summed E-state index contributed by atoms with van der Waals surface area (Å²) >= 11 is 0.834. The first-order valence-electron chi connectivity index (χ1n) is 11.9. The van der Waals surface area contributed by atoms with Gasteiger partial charge in [0.2, 0.25) is 5.91 Å². The molecule has 1 heterocycles. The molecular formula is C28H26N2O7S2. The average molecular weight is 567 g/mol. The van der Waals surface area contributed by atoms with Crippen molar-refractivity contribution in [3.63, 3.8) is 0 Å². The topological polar surface area (TPSA) is 119 Å². The molecule has 11 heteroatoms. The number of rotatable bonds is 9. The predicted molar refractivity (Wildman–Crippen MR) is 149 cm³/mol. The molecular weight excluding hydrogens is 540 g/mol. The van der Waals surface area contributed by atoms with Crippen LogP contribution >= 0.6 is 11.8 Å². The van der Waals surface area contributed by atoms with E-state index >= 15 is 0 Å². The Morgan fingerprint density at radius 1 is 1.00 bits per heavy atom. The Morgan fingerprint density at radius 3 is 2.36 bits per heavy atom. The first-order valence-corrected chi connectivity index (χ1v) is 14.1. The van der Waals surface area contributed by atoms with Crippen LogP contribution < -0.4 is 14.2 Å². The fourth-order valence-corrected chi connectivity index (χ4v) is 5.45. The number of anilines is 1. The van der Waals surface area contributed by atoms with Crippen LogP contribution in [0.4, 0.5) is 10.5 Å². The van der Waals surface area contributed by atoms with E-state index in [0.717, 1.165) is 27.8 Å². The molecule has 1 saturated heterocycles. The first-order chi connectivity index (χ1) is 18.5. The fraction of sp³-hybridized carbons (Fsp3) is 0.179. The third-order valence-corrected chi connectivity index (χ3v) is 7.81. The quantitative estimate of drug-likeness (QED) is 0.279. The van der Waals surface area contributed by atoms with Gasteiger partial charge in [-0.25, -0.2) is 0 Å². The summed E-state index contributed by atoms with van der Waals surface area (Å²) in [6, 6.07) is 17.5. The van der Waals surface area contributed by atoms with Crippen LogP contribution in [0.15, 0.2) is 76.5 Å². The zero-order valence-corrected chi connectivity index (χ0v) is 23.1. The van der Waals surface area contributed by atoms with Crippen LogP contribution in [0.1, 0.15) is 23.6 Å². The molecule has 0 aliphatic carbocycles. The molecule has 202 valence electrons.